The quantitative estimate of drug-likeness (QED) is 0.834. The summed E-state index contributed by atoms with van der Waals surface area (Å²) in [6, 6.07) is 4.98. The van der Waals surface area contributed by atoms with Gasteiger partial charge in [-0.3, -0.25) is 9.59 Å². The van der Waals surface area contributed by atoms with Crippen LogP contribution in [0.1, 0.15) is 21.7 Å². The second kappa shape index (κ2) is 5.27. The molecule has 2 heterocycles. The summed E-state index contributed by atoms with van der Waals surface area (Å²) in [5, 5.41) is 2.63. The van der Waals surface area contributed by atoms with E-state index in [0.29, 0.717) is 23.4 Å². The van der Waals surface area contributed by atoms with Crippen LogP contribution in [0.15, 0.2) is 35.1 Å². The lowest BCUT2D eigenvalue weighted by Crippen LogP contribution is -2.15. The minimum atomic E-state index is -0.209. The van der Waals surface area contributed by atoms with Gasteiger partial charge in [0.25, 0.3) is 0 Å². The molecule has 2 rings (SSSR count). The number of hydrogen-bond acceptors (Lipinski definition) is 4. The molecule has 0 saturated carbocycles. The van der Waals surface area contributed by atoms with Crippen LogP contribution in [0.3, 0.4) is 0 Å². The molecule has 2 aromatic rings. The van der Waals surface area contributed by atoms with Gasteiger partial charge in [0.2, 0.25) is 5.91 Å². The molecule has 0 aromatic carbocycles. The topological polar surface area (TPSA) is 72.2 Å². The van der Waals surface area contributed by atoms with Crippen molar-refractivity contribution < 1.29 is 14.0 Å². The number of aromatic nitrogens is 1. The molecule has 0 aliphatic rings. The lowest BCUT2D eigenvalue weighted by molar-refractivity contribution is -0.115. The highest BCUT2D eigenvalue weighted by atomic mass is 16.3. The maximum Gasteiger partial charge on any atom is 0.233 e. The molecule has 0 aliphatic heterocycles. The van der Waals surface area contributed by atoms with Gasteiger partial charge >= 0.3 is 0 Å². The Bertz CT molecular complexity index is 558. The summed E-state index contributed by atoms with van der Waals surface area (Å²) in [6.07, 6.45) is 3.82. The summed E-state index contributed by atoms with van der Waals surface area (Å²) in [4.78, 5) is 26.1. The van der Waals surface area contributed by atoms with Crippen LogP contribution in [0, 0.1) is 6.92 Å². The lowest BCUT2D eigenvalue weighted by Gasteiger charge is -2.03. The minimum absolute atomic E-state index is 0.163. The van der Waals surface area contributed by atoms with Gasteiger partial charge in [0.05, 0.1) is 12.7 Å². The van der Waals surface area contributed by atoms with E-state index in [4.69, 9.17) is 4.42 Å². The molecule has 0 atom stereocenters. The molecular formula is C13H12N2O3. The van der Waals surface area contributed by atoms with Crippen LogP contribution < -0.4 is 5.32 Å². The molecule has 5 heteroatoms. The fraction of sp³-hybridized carbons (Fsp3) is 0.154. The second-order valence-corrected chi connectivity index (χ2v) is 3.85. The number of hydrogen-bond donors (Lipinski definition) is 1. The standard InChI is InChI=1S/C13H12N2O3/c1-9-4-5-18-11(9)6-13(17)15-12-3-2-10(8-16)7-14-12/h2-5,7-8H,6H2,1H3,(H,14,15,17). The number of anilines is 1. The number of carbonyl (C=O) groups excluding carboxylic acids is 2. The van der Waals surface area contributed by atoms with Gasteiger partial charge in [0, 0.05) is 11.8 Å². The van der Waals surface area contributed by atoms with Crippen molar-refractivity contribution >= 4 is 18.0 Å². The number of furan rings is 1. The van der Waals surface area contributed by atoms with E-state index in [1.807, 2.05) is 6.92 Å². The van der Waals surface area contributed by atoms with E-state index in [1.54, 1.807) is 24.5 Å². The first kappa shape index (κ1) is 12.0. The van der Waals surface area contributed by atoms with E-state index in [1.165, 1.54) is 6.20 Å². The number of nitrogens with one attached hydrogen (secondary N) is 1. The molecule has 18 heavy (non-hydrogen) atoms. The Morgan fingerprint density at radius 3 is 2.83 bits per heavy atom. The monoisotopic (exact) mass is 244 g/mol. The number of pyridine rings is 1. The number of amides is 1. The van der Waals surface area contributed by atoms with Gasteiger partial charge in [-0.2, -0.15) is 0 Å². The Balaban J connectivity index is 1.98. The van der Waals surface area contributed by atoms with E-state index in [-0.39, 0.29) is 12.3 Å². The zero-order chi connectivity index (χ0) is 13.0. The van der Waals surface area contributed by atoms with Crippen LogP contribution in [0.25, 0.3) is 0 Å². The Kier molecular flexibility index (Phi) is 3.52. The number of aryl methyl sites for hydroxylation is 1. The van der Waals surface area contributed by atoms with E-state index in [2.05, 4.69) is 10.3 Å². The van der Waals surface area contributed by atoms with Crippen molar-refractivity contribution in [3.63, 3.8) is 0 Å². The molecule has 2 aromatic heterocycles. The normalized spacial score (nSPS) is 10.1. The molecule has 0 unspecified atom stereocenters. The van der Waals surface area contributed by atoms with Crippen LogP contribution in [-0.4, -0.2) is 17.2 Å². The van der Waals surface area contributed by atoms with E-state index in [9.17, 15) is 9.59 Å². The maximum atomic E-state index is 11.7. The SMILES string of the molecule is Cc1ccoc1CC(=O)Nc1ccc(C=O)cn1. The summed E-state index contributed by atoms with van der Waals surface area (Å²) >= 11 is 0. The maximum absolute atomic E-state index is 11.7. The molecular weight excluding hydrogens is 232 g/mol. The number of rotatable bonds is 4. The summed E-state index contributed by atoms with van der Waals surface area (Å²) in [6.45, 7) is 1.88. The van der Waals surface area contributed by atoms with Gasteiger partial charge in [0.1, 0.15) is 11.6 Å². The molecule has 5 nitrogen and oxygen atoms in total. The molecule has 0 bridgehead atoms. The molecule has 0 saturated heterocycles. The Morgan fingerprint density at radius 1 is 1.44 bits per heavy atom. The number of carbonyl (C=O) groups is 2. The van der Waals surface area contributed by atoms with Crippen LogP contribution in [0.4, 0.5) is 5.82 Å². The fourth-order valence-electron chi connectivity index (χ4n) is 1.47. The number of aldehydes is 1. The summed E-state index contributed by atoms with van der Waals surface area (Å²) in [5.41, 5.74) is 1.41. The Morgan fingerprint density at radius 2 is 2.28 bits per heavy atom. The predicted molar refractivity (Wildman–Crippen MR) is 65.4 cm³/mol. The van der Waals surface area contributed by atoms with E-state index in [0.717, 1.165) is 5.56 Å². The van der Waals surface area contributed by atoms with Crippen molar-refractivity contribution in [2.75, 3.05) is 5.32 Å². The largest absolute Gasteiger partial charge is 0.469 e. The predicted octanol–water partition coefficient (Wildman–Crippen LogP) is 1.98. The molecule has 0 fully saturated rings. The smallest absolute Gasteiger partial charge is 0.233 e. The zero-order valence-corrected chi connectivity index (χ0v) is 9.84. The van der Waals surface area contributed by atoms with Gasteiger partial charge in [-0.25, -0.2) is 4.98 Å². The molecule has 0 aliphatic carbocycles. The first-order valence-corrected chi connectivity index (χ1v) is 5.43. The highest BCUT2D eigenvalue weighted by Gasteiger charge is 2.09. The summed E-state index contributed by atoms with van der Waals surface area (Å²) < 4.78 is 5.18. The van der Waals surface area contributed by atoms with Gasteiger partial charge in [-0.15, -0.1) is 0 Å². The second-order valence-electron chi connectivity index (χ2n) is 3.85. The fourth-order valence-corrected chi connectivity index (χ4v) is 1.47. The summed E-state index contributed by atoms with van der Waals surface area (Å²) in [7, 11) is 0. The average molecular weight is 244 g/mol. The van der Waals surface area contributed by atoms with Crippen molar-refractivity contribution in [2.45, 2.75) is 13.3 Å². The van der Waals surface area contributed by atoms with E-state index < -0.39 is 0 Å². The van der Waals surface area contributed by atoms with Crippen molar-refractivity contribution in [1.29, 1.82) is 0 Å². The highest BCUT2D eigenvalue weighted by Crippen LogP contribution is 2.10. The van der Waals surface area contributed by atoms with Crippen LogP contribution in [-0.2, 0) is 11.2 Å². The van der Waals surface area contributed by atoms with Gasteiger partial charge in [-0.05, 0) is 30.7 Å². The van der Waals surface area contributed by atoms with Crippen molar-refractivity contribution in [3.8, 4) is 0 Å². The average Bonchev–Trinajstić information content (AvgIpc) is 2.76. The van der Waals surface area contributed by atoms with Crippen molar-refractivity contribution in [1.82, 2.24) is 4.98 Å². The first-order chi connectivity index (χ1) is 8.69. The molecule has 92 valence electrons. The molecule has 0 radical (unpaired) electrons. The van der Waals surface area contributed by atoms with Crippen LogP contribution in [0.2, 0.25) is 0 Å². The molecule has 1 N–H and O–H groups in total. The van der Waals surface area contributed by atoms with Crippen LogP contribution in [0.5, 0.6) is 0 Å². The third kappa shape index (κ3) is 2.82. The van der Waals surface area contributed by atoms with Gasteiger partial charge in [0.15, 0.2) is 6.29 Å². The Labute approximate surface area is 104 Å². The van der Waals surface area contributed by atoms with Crippen molar-refractivity contribution in [3.05, 3.63) is 47.5 Å². The van der Waals surface area contributed by atoms with Gasteiger partial charge in [-0.1, -0.05) is 0 Å². The van der Waals surface area contributed by atoms with Crippen LogP contribution >= 0.6 is 0 Å². The van der Waals surface area contributed by atoms with Gasteiger partial charge < -0.3 is 9.73 Å². The minimum Gasteiger partial charge on any atom is -0.469 e. The highest BCUT2D eigenvalue weighted by molar-refractivity contribution is 5.91. The molecule has 0 spiro atoms. The zero-order valence-electron chi connectivity index (χ0n) is 9.84. The van der Waals surface area contributed by atoms with Crippen molar-refractivity contribution in [2.24, 2.45) is 0 Å². The number of nitrogens with zero attached hydrogens (tertiary/aromatic N) is 1. The Hall–Kier alpha value is -2.43. The molecule has 1 amide bonds. The summed E-state index contributed by atoms with van der Waals surface area (Å²) in [5.74, 6) is 0.839. The first-order valence-electron chi connectivity index (χ1n) is 5.43. The third-order valence-corrected chi connectivity index (χ3v) is 2.48. The lowest BCUT2D eigenvalue weighted by atomic mass is 10.2. The third-order valence-electron chi connectivity index (χ3n) is 2.48. The van der Waals surface area contributed by atoms with E-state index >= 15 is 0 Å².